The van der Waals surface area contributed by atoms with Gasteiger partial charge in [0.2, 0.25) is 0 Å². The number of ether oxygens (including phenoxy) is 1. The van der Waals surface area contributed by atoms with Crippen LogP contribution in [0.5, 0.6) is 0 Å². The highest BCUT2D eigenvalue weighted by Gasteiger charge is 2.35. The fourth-order valence-corrected chi connectivity index (χ4v) is 1.33. The minimum Gasteiger partial charge on any atom is -0.367 e. The van der Waals surface area contributed by atoms with Gasteiger partial charge in [-0.25, -0.2) is 0 Å². The zero-order valence-corrected chi connectivity index (χ0v) is 6.55. The van der Waals surface area contributed by atoms with Gasteiger partial charge < -0.3 is 15.2 Å². The molecule has 1 heterocycles. The van der Waals surface area contributed by atoms with E-state index < -0.39 is 6.29 Å². The van der Waals surface area contributed by atoms with Gasteiger partial charge in [-0.05, 0) is 13.0 Å². The standard InChI is InChI=1S/C7H15NO2/c1-7(6(9)10-2)3-4-8-5-7/h6,8-9H,3-5H2,1-2H3. The molecule has 0 aliphatic carbocycles. The van der Waals surface area contributed by atoms with Crippen LogP contribution in [-0.4, -0.2) is 31.6 Å². The quantitative estimate of drug-likeness (QED) is 0.535. The lowest BCUT2D eigenvalue weighted by atomic mass is 9.89. The Morgan fingerprint density at radius 1 is 1.70 bits per heavy atom. The first kappa shape index (κ1) is 7.98. The number of rotatable bonds is 2. The number of aliphatic hydroxyl groups is 1. The van der Waals surface area contributed by atoms with Crippen molar-refractivity contribution >= 4 is 0 Å². The van der Waals surface area contributed by atoms with E-state index in [4.69, 9.17) is 4.74 Å². The fraction of sp³-hybridized carbons (Fsp3) is 1.00. The van der Waals surface area contributed by atoms with Crippen molar-refractivity contribution in [3.8, 4) is 0 Å². The average Bonchev–Trinajstić information content (AvgIpc) is 2.36. The molecule has 1 rings (SSSR count). The fourth-order valence-electron chi connectivity index (χ4n) is 1.33. The normalized spacial score (nSPS) is 36.3. The SMILES string of the molecule is COC(O)C1(C)CCNC1. The summed E-state index contributed by atoms with van der Waals surface area (Å²) in [6.45, 7) is 3.86. The number of aliphatic hydroxyl groups excluding tert-OH is 1. The van der Waals surface area contributed by atoms with Crippen molar-refractivity contribution in [2.45, 2.75) is 19.6 Å². The summed E-state index contributed by atoms with van der Waals surface area (Å²) >= 11 is 0. The van der Waals surface area contributed by atoms with E-state index in [1.807, 2.05) is 6.92 Å². The first-order valence-electron chi connectivity index (χ1n) is 3.61. The molecule has 0 bridgehead atoms. The third-order valence-electron chi connectivity index (χ3n) is 2.22. The molecule has 0 aromatic rings. The molecule has 0 radical (unpaired) electrons. The molecule has 1 fully saturated rings. The number of methoxy groups -OCH3 is 1. The van der Waals surface area contributed by atoms with Gasteiger partial charge in [-0.1, -0.05) is 6.92 Å². The minimum absolute atomic E-state index is 0.0747. The predicted molar refractivity (Wildman–Crippen MR) is 38.6 cm³/mol. The molecule has 2 N–H and O–H groups in total. The Balaban J connectivity index is 2.49. The Kier molecular flexibility index (Phi) is 2.28. The first-order chi connectivity index (χ1) is 4.69. The summed E-state index contributed by atoms with van der Waals surface area (Å²) in [6.07, 6.45) is 0.365. The van der Waals surface area contributed by atoms with Crippen LogP contribution in [0.1, 0.15) is 13.3 Å². The first-order valence-corrected chi connectivity index (χ1v) is 3.61. The highest BCUT2D eigenvalue weighted by Crippen LogP contribution is 2.28. The molecule has 2 unspecified atom stereocenters. The summed E-state index contributed by atoms with van der Waals surface area (Å²) in [5, 5.41) is 12.5. The highest BCUT2D eigenvalue weighted by atomic mass is 16.6. The molecular formula is C7H15NO2. The molecule has 1 aliphatic rings. The maximum Gasteiger partial charge on any atom is 0.160 e. The third kappa shape index (κ3) is 1.31. The van der Waals surface area contributed by atoms with Gasteiger partial charge in [0.15, 0.2) is 6.29 Å². The lowest BCUT2D eigenvalue weighted by molar-refractivity contribution is -0.144. The van der Waals surface area contributed by atoms with Gasteiger partial charge in [0, 0.05) is 19.1 Å². The lowest BCUT2D eigenvalue weighted by Crippen LogP contribution is -2.35. The Bertz CT molecular complexity index is 110. The lowest BCUT2D eigenvalue weighted by Gasteiger charge is -2.27. The van der Waals surface area contributed by atoms with Crippen molar-refractivity contribution in [1.29, 1.82) is 0 Å². The monoisotopic (exact) mass is 145 g/mol. The summed E-state index contributed by atoms with van der Waals surface area (Å²) < 4.78 is 4.85. The van der Waals surface area contributed by atoms with Crippen LogP contribution in [0.25, 0.3) is 0 Å². The van der Waals surface area contributed by atoms with Gasteiger partial charge in [0.25, 0.3) is 0 Å². The summed E-state index contributed by atoms with van der Waals surface area (Å²) in [7, 11) is 1.54. The van der Waals surface area contributed by atoms with E-state index in [1.165, 1.54) is 7.11 Å². The topological polar surface area (TPSA) is 41.5 Å². The van der Waals surface area contributed by atoms with Crippen LogP contribution in [0.2, 0.25) is 0 Å². The van der Waals surface area contributed by atoms with Gasteiger partial charge in [-0.15, -0.1) is 0 Å². The van der Waals surface area contributed by atoms with Crippen molar-refractivity contribution in [2.75, 3.05) is 20.2 Å². The summed E-state index contributed by atoms with van der Waals surface area (Å²) in [4.78, 5) is 0. The Morgan fingerprint density at radius 2 is 2.40 bits per heavy atom. The molecule has 2 atom stereocenters. The van der Waals surface area contributed by atoms with Crippen LogP contribution in [0.15, 0.2) is 0 Å². The van der Waals surface area contributed by atoms with E-state index in [9.17, 15) is 5.11 Å². The van der Waals surface area contributed by atoms with E-state index in [2.05, 4.69) is 5.32 Å². The zero-order chi connectivity index (χ0) is 7.61. The van der Waals surface area contributed by atoms with Crippen LogP contribution >= 0.6 is 0 Å². The number of hydrogen-bond acceptors (Lipinski definition) is 3. The zero-order valence-electron chi connectivity index (χ0n) is 6.55. The number of nitrogens with one attached hydrogen (secondary N) is 1. The van der Waals surface area contributed by atoms with Crippen LogP contribution in [0.4, 0.5) is 0 Å². The Morgan fingerprint density at radius 3 is 2.80 bits per heavy atom. The van der Waals surface area contributed by atoms with Gasteiger partial charge in [0.1, 0.15) is 0 Å². The van der Waals surface area contributed by atoms with Crippen LogP contribution in [0.3, 0.4) is 0 Å². The smallest absolute Gasteiger partial charge is 0.160 e. The summed E-state index contributed by atoms with van der Waals surface area (Å²) in [6, 6.07) is 0. The van der Waals surface area contributed by atoms with E-state index in [-0.39, 0.29) is 5.41 Å². The van der Waals surface area contributed by atoms with Crippen molar-refractivity contribution in [3.63, 3.8) is 0 Å². The minimum atomic E-state index is -0.623. The third-order valence-corrected chi connectivity index (χ3v) is 2.22. The molecule has 0 saturated carbocycles. The Labute approximate surface area is 61.4 Å². The highest BCUT2D eigenvalue weighted by molar-refractivity contribution is 4.85. The van der Waals surface area contributed by atoms with Crippen LogP contribution < -0.4 is 5.32 Å². The summed E-state index contributed by atoms with van der Waals surface area (Å²) in [5.74, 6) is 0. The van der Waals surface area contributed by atoms with E-state index in [0.29, 0.717) is 0 Å². The molecular weight excluding hydrogens is 130 g/mol. The Hall–Kier alpha value is -0.120. The molecule has 1 saturated heterocycles. The molecule has 60 valence electrons. The molecule has 10 heavy (non-hydrogen) atoms. The number of hydrogen-bond donors (Lipinski definition) is 2. The van der Waals surface area contributed by atoms with E-state index >= 15 is 0 Å². The van der Waals surface area contributed by atoms with Crippen molar-refractivity contribution < 1.29 is 9.84 Å². The second-order valence-electron chi connectivity index (χ2n) is 3.17. The second kappa shape index (κ2) is 2.86. The maximum absolute atomic E-state index is 9.35. The molecule has 0 amide bonds. The predicted octanol–water partition coefficient (Wildman–Crippen LogP) is -0.0492. The second-order valence-corrected chi connectivity index (χ2v) is 3.17. The van der Waals surface area contributed by atoms with Gasteiger partial charge in [-0.3, -0.25) is 0 Å². The molecule has 0 aromatic carbocycles. The van der Waals surface area contributed by atoms with Crippen molar-refractivity contribution in [3.05, 3.63) is 0 Å². The molecule has 0 spiro atoms. The molecule has 3 heteroatoms. The van der Waals surface area contributed by atoms with Crippen LogP contribution in [0, 0.1) is 5.41 Å². The molecule has 1 aliphatic heterocycles. The van der Waals surface area contributed by atoms with Crippen molar-refractivity contribution in [2.24, 2.45) is 5.41 Å². The van der Waals surface area contributed by atoms with Gasteiger partial charge in [0.05, 0.1) is 0 Å². The summed E-state index contributed by atoms with van der Waals surface area (Å²) in [5.41, 5.74) is -0.0747. The van der Waals surface area contributed by atoms with Crippen LogP contribution in [-0.2, 0) is 4.74 Å². The maximum atomic E-state index is 9.35. The van der Waals surface area contributed by atoms with Gasteiger partial charge in [-0.2, -0.15) is 0 Å². The van der Waals surface area contributed by atoms with E-state index in [0.717, 1.165) is 19.5 Å². The largest absolute Gasteiger partial charge is 0.367 e. The molecule has 3 nitrogen and oxygen atoms in total. The molecule has 0 aromatic heterocycles. The van der Waals surface area contributed by atoms with Gasteiger partial charge >= 0.3 is 0 Å². The van der Waals surface area contributed by atoms with Crippen molar-refractivity contribution in [1.82, 2.24) is 5.32 Å². The average molecular weight is 145 g/mol. The van der Waals surface area contributed by atoms with E-state index in [1.54, 1.807) is 0 Å².